The van der Waals surface area contributed by atoms with Gasteiger partial charge < -0.3 is 5.11 Å². The predicted molar refractivity (Wildman–Crippen MR) is 89.2 cm³/mol. The molecule has 1 saturated heterocycles. The molecule has 0 amide bonds. The molecule has 1 unspecified atom stereocenters. The molecule has 3 nitrogen and oxygen atoms in total. The quantitative estimate of drug-likeness (QED) is 0.916. The number of carboxylic acids is 1. The van der Waals surface area contributed by atoms with Gasteiger partial charge in [-0.15, -0.1) is 11.3 Å². The van der Waals surface area contributed by atoms with Crippen LogP contribution in [0.4, 0.5) is 4.39 Å². The van der Waals surface area contributed by atoms with Crippen molar-refractivity contribution in [2.45, 2.75) is 25.8 Å². The van der Waals surface area contributed by atoms with Gasteiger partial charge in [-0.1, -0.05) is 12.1 Å². The zero-order valence-corrected chi connectivity index (χ0v) is 13.9. The van der Waals surface area contributed by atoms with Crippen LogP contribution in [0.3, 0.4) is 0 Å². The SMILES string of the molecule is Cc1ccsc1C(c1cccc(F)c1)N1CCC(C(=O)O)CC1. The fourth-order valence-corrected chi connectivity index (χ4v) is 4.36. The smallest absolute Gasteiger partial charge is 0.306 e. The highest BCUT2D eigenvalue weighted by atomic mass is 32.1. The summed E-state index contributed by atoms with van der Waals surface area (Å²) in [6.07, 6.45) is 1.29. The molecular formula is C18H20FNO2S. The first kappa shape index (κ1) is 16.1. The van der Waals surface area contributed by atoms with Crippen molar-refractivity contribution >= 4 is 17.3 Å². The van der Waals surface area contributed by atoms with Crippen LogP contribution >= 0.6 is 11.3 Å². The lowest BCUT2D eigenvalue weighted by molar-refractivity contribution is -0.143. The van der Waals surface area contributed by atoms with Gasteiger partial charge >= 0.3 is 5.97 Å². The van der Waals surface area contributed by atoms with Gasteiger partial charge in [0, 0.05) is 4.88 Å². The molecule has 0 aliphatic carbocycles. The van der Waals surface area contributed by atoms with Gasteiger partial charge in [-0.25, -0.2) is 4.39 Å². The van der Waals surface area contributed by atoms with Crippen molar-refractivity contribution in [2.24, 2.45) is 5.92 Å². The molecule has 2 aromatic rings. The zero-order valence-electron chi connectivity index (χ0n) is 13.0. The second kappa shape index (κ2) is 6.81. The average molecular weight is 333 g/mol. The second-order valence-corrected chi connectivity index (χ2v) is 7.02. The van der Waals surface area contributed by atoms with Gasteiger partial charge in [-0.05, 0) is 67.6 Å². The Balaban J connectivity index is 1.91. The van der Waals surface area contributed by atoms with E-state index in [2.05, 4.69) is 23.3 Å². The topological polar surface area (TPSA) is 40.5 Å². The highest BCUT2D eigenvalue weighted by Crippen LogP contribution is 2.37. The van der Waals surface area contributed by atoms with Crippen LogP contribution in [0.1, 0.15) is 34.9 Å². The summed E-state index contributed by atoms with van der Waals surface area (Å²) in [6.45, 7) is 3.51. The van der Waals surface area contributed by atoms with E-state index in [1.165, 1.54) is 16.5 Å². The van der Waals surface area contributed by atoms with E-state index < -0.39 is 5.97 Å². The van der Waals surface area contributed by atoms with Crippen LogP contribution in [0.15, 0.2) is 35.7 Å². The number of nitrogens with zero attached hydrogens (tertiary/aromatic N) is 1. The van der Waals surface area contributed by atoms with Crippen LogP contribution in [0, 0.1) is 18.7 Å². The number of piperidine rings is 1. The molecule has 1 fully saturated rings. The first-order chi connectivity index (χ1) is 11.1. The number of rotatable bonds is 4. The molecule has 122 valence electrons. The molecular weight excluding hydrogens is 313 g/mol. The molecule has 1 aliphatic heterocycles. The molecule has 0 radical (unpaired) electrons. The number of aliphatic carboxylic acids is 1. The van der Waals surface area contributed by atoms with E-state index >= 15 is 0 Å². The first-order valence-corrected chi connectivity index (χ1v) is 8.70. The lowest BCUT2D eigenvalue weighted by Gasteiger charge is -2.36. The maximum absolute atomic E-state index is 13.7. The Morgan fingerprint density at radius 2 is 2.09 bits per heavy atom. The Morgan fingerprint density at radius 3 is 2.65 bits per heavy atom. The molecule has 1 atom stereocenters. The summed E-state index contributed by atoms with van der Waals surface area (Å²) in [5, 5.41) is 11.2. The van der Waals surface area contributed by atoms with Gasteiger partial charge in [0.15, 0.2) is 0 Å². The average Bonchev–Trinajstić information content (AvgIpc) is 2.94. The molecule has 23 heavy (non-hydrogen) atoms. The largest absolute Gasteiger partial charge is 0.481 e. The van der Waals surface area contributed by atoms with Crippen LogP contribution in [0.5, 0.6) is 0 Å². The van der Waals surface area contributed by atoms with Gasteiger partial charge in [0.1, 0.15) is 5.82 Å². The van der Waals surface area contributed by atoms with E-state index in [9.17, 15) is 14.3 Å². The lowest BCUT2D eigenvalue weighted by Crippen LogP contribution is -2.39. The number of hydrogen-bond donors (Lipinski definition) is 1. The zero-order chi connectivity index (χ0) is 16.4. The van der Waals surface area contributed by atoms with Gasteiger partial charge in [-0.3, -0.25) is 9.69 Å². The van der Waals surface area contributed by atoms with E-state index in [1.807, 2.05) is 6.07 Å². The number of halogens is 1. The molecule has 5 heteroatoms. The molecule has 1 aromatic heterocycles. The number of likely N-dealkylation sites (tertiary alicyclic amines) is 1. The number of hydrogen-bond acceptors (Lipinski definition) is 3. The Morgan fingerprint density at radius 1 is 1.35 bits per heavy atom. The molecule has 0 saturated carbocycles. The molecule has 1 aliphatic rings. The highest BCUT2D eigenvalue weighted by molar-refractivity contribution is 7.10. The monoisotopic (exact) mass is 333 g/mol. The van der Waals surface area contributed by atoms with E-state index in [0.717, 1.165) is 18.7 Å². The third kappa shape index (κ3) is 3.46. The standard InChI is InChI=1S/C18H20FNO2S/c1-12-7-10-23-17(12)16(14-3-2-4-15(19)11-14)20-8-5-13(6-9-20)18(21)22/h2-4,7,10-11,13,16H,5-6,8-9H2,1H3,(H,21,22). The van der Waals surface area contributed by atoms with Crippen molar-refractivity contribution in [3.05, 3.63) is 57.5 Å². The summed E-state index contributed by atoms with van der Waals surface area (Å²) in [5.74, 6) is -1.20. The van der Waals surface area contributed by atoms with Crippen LogP contribution in [0.2, 0.25) is 0 Å². The molecule has 0 spiro atoms. The first-order valence-electron chi connectivity index (χ1n) is 7.82. The van der Waals surface area contributed by atoms with E-state index in [0.29, 0.717) is 12.8 Å². The fourth-order valence-electron chi connectivity index (χ4n) is 3.27. The minimum Gasteiger partial charge on any atom is -0.481 e. The van der Waals surface area contributed by atoms with Crippen LogP contribution < -0.4 is 0 Å². The molecule has 1 N–H and O–H groups in total. The normalized spacial score (nSPS) is 18.0. The maximum atomic E-state index is 13.7. The van der Waals surface area contributed by atoms with Crippen molar-refractivity contribution < 1.29 is 14.3 Å². The van der Waals surface area contributed by atoms with E-state index in [-0.39, 0.29) is 17.8 Å². The Kier molecular flexibility index (Phi) is 4.78. The minimum absolute atomic E-state index is 0.000412. The summed E-state index contributed by atoms with van der Waals surface area (Å²) in [6, 6.07) is 8.82. The number of benzene rings is 1. The third-order valence-corrected chi connectivity index (χ3v) is 5.63. The summed E-state index contributed by atoms with van der Waals surface area (Å²) in [4.78, 5) is 14.7. The summed E-state index contributed by atoms with van der Waals surface area (Å²) < 4.78 is 13.7. The molecule has 2 heterocycles. The Hall–Kier alpha value is -1.72. The van der Waals surface area contributed by atoms with Crippen molar-refractivity contribution in [3.63, 3.8) is 0 Å². The molecule has 0 bridgehead atoms. The second-order valence-electron chi connectivity index (χ2n) is 6.07. The number of carboxylic acid groups (broad SMARTS) is 1. The lowest BCUT2D eigenvalue weighted by atomic mass is 9.93. The van der Waals surface area contributed by atoms with Crippen LogP contribution in [-0.2, 0) is 4.79 Å². The van der Waals surface area contributed by atoms with Crippen molar-refractivity contribution in [1.82, 2.24) is 4.90 Å². The third-order valence-electron chi connectivity index (χ3n) is 4.56. The molecule has 3 rings (SSSR count). The summed E-state index contributed by atoms with van der Waals surface area (Å²) in [7, 11) is 0. The molecule has 1 aromatic carbocycles. The van der Waals surface area contributed by atoms with E-state index in [4.69, 9.17) is 0 Å². The van der Waals surface area contributed by atoms with Gasteiger partial charge in [-0.2, -0.15) is 0 Å². The van der Waals surface area contributed by atoms with Crippen molar-refractivity contribution in [1.29, 1.82) is 0 Å². The minimum atomic E-state index is -0.709. The van der Waals surface area contributed by atoms with Crippen LogP contribution in [0.25, 0.3) is 0 Å². The Bertz CT molecular complexity index is 692. The van der Waals surface area contributed by atoms with Gasteiger partial charge in [0.05, 0.1) is 12.0 Å². The maximum Gasteiger partial charge on any atom is 0.306 e. The van der Waals surface area contributed by atoms with Gasteiger partial charge in [0.25, 0.3) is 0 Å². The number of aryl methyl sites for hydroxylation is 1. The number of thiophene rings is 1. The number of carbonyl (C=O) groups is 1. The highest BCUT2D eigenvalue weighted by Gasteiger charge is 2.31. The Labute approximate surface area is 139 Å². The van der Waals surface area contributed by atoms with E-state index in [1.54, 1.807) is 23.5 Å². The van der Waals surface area contributed by atoms with Crippen molar-refractivity contribution in [2.75, 3.05) is 13.1 Å². The van der Waals surface area contributed by atoms with Gasteiger partial charge in [0.2, 0.25) is 0 Å². The summed E-state index contributed by atoms with van der Waals surface area (Å²) >= 11 is 1.68. The summed E-state index contributed by atoms with van der Waals surface area (Å²) in [5.41, 5.74) is 2.13. The van der Waals surface area contributed by atoms with Crippen LogP contribution in [-0.4, -0.2) is 29.1 Å². The predicted octanol–water partition coefficient (Wildman–Crippen LogP) is 4.08. The fraction of sp³-hybridized carbons (Fsp3) is 0.389. The van der Waals surface area contributed by atoms with Crippen molar-refractivity contribution in [3.8, 4) is 0 Å².